The van der Waals surface area contributed by atoms with Crippen molar-refractivity contribution < 1.29 is 0 Å². The maximum absolute atomic E-state index is 5.81. The van der Waals surface area contributed by atoms with Crippen molar-refractivity contribution in [3.8, 4) is 0 Å². The minimum atomic E-state index is 0.678. The van der Waals surface area contributed by atoms with E-state index in [1.165, 1.54) is 0 Å². The molecule has 0 fully saturated rings. The van der Waals surface area contributed by atoms with E-state index in [0.717, 1.165) is 23.6 Å². The Morgan fingerprint density at radius 2 is 2.38 bits per heavy atom. The van der Waals surface area contributed by atoms with E-state index in [4.69, 9.17) is 11.6 Å². The minimum absolute atomic E-state index is 0.678. The molecule has 68 valence electrons. The summed E-state index contributed by atoms with van der Waals surface area (Å²) in [6, 6.07) is 3.57. The zero-order valence-electron chi connectivity index (χ0n) is 6.81. The predicted octanol–water partition coefficient (Wildman–Crippen LogP) is 1.85. The first-order chi connectivity index (χ1) is 6.29. The van der Waals surface area contributed by atoms with Crippen LogP contribution in [0.2, 0.25) is 5.02 Å². The zero-order chi connectivity index (χ0) is 9.26. The van der Waals surface area contributed by atoms with Crippen LogP contribution in [0.4, 0.5) is 0 Å². The number of pyridine rings is 1. The van der Waals surface area contributed by atoms with Crippen molar-refractivity contribution in [2.24, 2.45) is 0 Å². The lowest BCUT2D eigenvalue weighted by molar-refractivity contribution is 0.891. The number of fused-ring (bicyclic) bond motifs is 1. The van der Waals surface area contributed by atoms with E-state index >= 15 is 0 Å². The van der Waals surface area contributed by atoms with Gasteiger partial charge in [-0.3, -0.25) is 0 Å². The molecule has 0 aliphatic heterocycles. The van der Waals surface area contributed by atoms with Crippen molar-refractivity contribution in [2.45, 2.75) is 6.42 Å². The molecular weight excluding hydrogens is 206 g/mol. The zero-order valence-corrected chi connectivity index (χ0v) is 8.46. The number of hydrogen-bond acceptors (Lipinski definition) is 3. The van der Waals surface area contributed by atoms with Gasteiger partial charge in [-0.05, 0) is 11.8 Å². The fourth-order valence-corrected chi connectivity index (χ4v) is 1.46. The van der Waals surface area contributed by atoms with Crippen LogP contribution < -0.4 is 0 Å². The van der Waals surface area contributed by atoms with Crippen molar-refractivity contribution in [3.63, 3.8) is 0 Å². The molecule has 0 bridgehead atoms. The van der Waals surface area contributed by atoms with E-state index in [2.05, 4.69) is 22.7 Å². The second kappa shape index (κ2) is 3.55. The first-order valence-corrected chi connectivity index (χ1v) is 4.92. The normalized spacial score (nSPS) is 10.9. The van der Waals surface area contributed by atoms with Crippen LogP contribution in [0.3, 0.4) is 0 Å². The highest BCUT2D eigenvalue weighted by Gasteiger charge is 2.02. The molecule has 2 aromatic rings. The van der Waals surface area contributed by atoms with E-state index in [0.29, 0.717) is 5.02 Å². The summed E-state index contributed by atoms with van der Waals surface area (Å²) in [5, 5.41) is 4.92. The first kappa shape index (κ1) is 8.84. The fourth-order valence-electron chi connectivity index (χ4n) is 1.11. The van der Waals surface area contributed by atoms with Crippen LogP contribution in [0.5, 0.6) is 0 Å². The summed E-state index contributed by atoms with van der Waals surface area (Å²) in [4.78, 5) is 4.28. The molecule has 0 atom stereocenters. The number of rotatable bonds is 2. The van der Waals surface area contributed by atoms with Crippen LogP contribution in [0.1, 0.15) is 5.82 Å². The lowest BCUT2D eigenvalue weighted by Gasteiger charge is -1.89. The molecule has 0 N–H and O–H groups in total. The largest absolute Gasteiger partial charge is 0.221 e. The molecule has 3 nitrogen and oxygen atoms in total. The Labute approximate surface area is 86.1 Å². The van der Waals surface area contributed by atoms with Gasteiger partial charge in [0.25, 0.3) is 0 Å². The van der Waals surface area contributed by atoms with E-state index in [-0.39, 0.29) is 0 Å². The molecule has 0 saturated heterocycles. The highest BCUT2D eigenvalue weighted by Crippen LogP contribution is 2.10. The highest BCUT2D eigenvalue weighted by molar-refractivity contribution is 7.80. The quantitative estimate of drug-likeness (QED) is 0.772. The lowest BCUT2D eigenvalue weighted by Crippen LogP contribution is -1.90. The number of aromatic nitrogens is 3. The summed E-state index contributed by atoms with van der Waals surface area (Å²) in [6.07, 6.45) is 2.58. The van der Waals surface area contributed by atoms with Crippen LogP contribution in [-0.4, -0.2) is 20.4 Å². The van der Waals surface area contributed by atoms with E-state index in [9.17, 15) is 0 Å². The van der Waals surface area contributed by atoms with Crippen molar-refractivity contribution in [1.29, 1.82) is 0 Å². The molecule has 0 aliphatic rings. The van der Waals surface area contributed by atoms with Gasteiger partial charge in [-0.25, -0.2) is 9.50 Å². The number of halogens is 1. The highest BCUT2D eigenvalue weighted by atomic mass is 35.5. The Kier molecular flexibility index (Phi) is 2.42. The van der Waals surface area contributed by atoms with Gasteiger partial charge in [-0.15, -0.1) is 0 Å². The van der Waals surface area contributed by atoms with E-state index in [1.807, 2.05) is 0 Å². The average molecular weight is 214 g/mol. The predicted molar refractivity (Wildman–Crippen MR) is 55.6 cm³/mol. The Morgan fingerprint density at radius 1 is 1.54 bits per heavy atom. The summed E-state index contributed by atoms with van der Waals surface area (Å²) < 4.78 is 1.71. The number of hydrogen-bond donors (Lipinski definition) is 1. The van der Waals surface area contributed by atoms with Crippen LogP contribution >= 0.6 is 24.2 Å². The van der Waals surface area contributed by atoms with Crippen molar-refractivity contribution in [3.05, 3.63) is 29.2 Å². The molecule has 0 amide bonds. The number of nitrogens with zero attached hydrogens (tertiary/aromatic N) is 3. The molecule has 5 heteroatoms. The van der Waals surface area contributed by atoms with E-state index < -0.39 is 0 Å². The van der Waals surface area contributed by atoms with Gasteiger partial charge in [-0.2, -0.15) is 17.7 Å². The smallest absolute Gasteiger partial charge is 0.157 e. The Bertz CT molecular complexity index is 426. The fraction of sp³-hybridized carbons (Fsp3) is 0.250. The van der Waals surface area contributed by atoms with Crippen LogP contribution in [0.25, 0.3) is 5.65 Å². The second-order valence-corrected chi connectivity index (χ2v) is 3.53. The van der Waals surface area contributed by atoms with Crippen LogP contribution in [0.15, 0.2) is 18.3 Å². The van der Waals surface area contributed by atoms with Gasteiger partial charge in [0.1, 0.15) is 0 Å². The monoisotopic (exact) mass is 213 g/mol. The molecular formula is C8H8ClN3S. The SMILES string of the molecule is SCCc1nc2cc(Cl)ccn2n1. The average Bonchev–Trinajstić information content (AvgIpc) is 2.46. The lowest BCUT2D eigenvalue weighted by atomic mass is 10.4. The summed E-state index contributed by atoms with van der Waals surface area (Å²) in [7, 11) is 0. The van der Waals surface area contributed by atoms with E-state index in [1.54, 1.807) is 22.8 Å². The summed E-state index contributed by atoms with van der Waals surface area (Å²) in [5.41, 5.74) is 0.782. The maximum Gasteiger partial charge on any atom is 0.157 e. The molecule has 2 heterocycles. The van der Waals surface area contributed by atoms with Gasteiger partial charge in [0.05, 0.1) is 0 Å². The third-order valence-corrected chi connectivity index (χ3v) is 2.14. The van der Waals surface area contributed by atoms with Gasteiger partial charge < -0.3 is 0 Å². The number of aryl methyl sites for hydroxylation is 1. The van der Waals surface area contributed by atoms with Gasteiger partial charge in [-0.1, -0.05) is 11.6 Å². The molecule has 2 rings (SSSR count). The Hall–Kier alpha value is -0.740. The van der Waals surface area contributed by atoms with Gasteiger partial charge in [0.2, 0.25) is 0 Å². The molecule has 0 saturated carbocycles. The van der Waals surface area contributed by atoms with Crippen LogP contribution in [0, 0.1) is 0 Å². The second-order valence-electron chi connectivity index (χ2n) is 2.65. The standard InChI is InChI=1S/C8H8ClN3S/c9-6-1-3-12-8(5-6)10-7(11-12)2-4-13/h1,3,5,13H,2,4H2. The first-order valence-electron chi connectivity index (χ1n) is 3.91. The Balaban J connectivity index is 2.49. The molecule has 0 aliphatic carbocycles. The van der Waals surface area contributed by atoms with Gasteiger partial charge in [0, 0.05) is 23.7 Å². The molecule has 0 radical (unpaired) electrons. The summed E-state index contributed by atoms with van der Waals surface area (Å²) in [5.74, 6) is 1.56. The van der Waals surface area contributed by atoms with Crippen molar-refractivity contribution in [2.75, 3.05) is 5.75 Å². The summed E-state index contributed by atoms with van der Waals surface area (Å²) >= 11 is 9.93. The number of thiol groups is 1. The van der Waals surface area contributed by atoms with Gasteiger partial charge in [0.15, 0.2) is 11.5 Å². The third-order valence-electron chi connectivity index (χ3n) is 1.68. The molecule has 0 unspecified atom stereocenters. The molecule has 13 heavy (non-hydrogen) atoms. The molecule has 0 spiro atoms. The minimum Gasteiger partial charge on any atom is -0.221 e. The van der Waals surface area contributed by atoms with Crippen molar-refractivity contribution >= 4 is 29.9 Å². The maximum atomic E-state index is 5.81. The molecule has 0 aromatic carbocycles. The molecule has 2 aromatic heterocycles. The van der Waals surface area contributed by atoms with Crippen molar-refractivity contribution in [1.82, 2.24) is 14.6 Å². The summed E-state index contributed by atoms with van der Waals surface area (Å²) in [6.45, 7) is 0. The van der Waals surface area contributed by atoms with Gasteiger partial charge >= 0.3 is 0 Å². The van der Waals surface area contributed by atoms with Crippen LogP contribution in [-0.2, 0) is 6.42 Å². The topological polar surface area (TPSA) is 30.2 Å². The Morgan fingerprint density at radius 3 is 3.15 bits per heavy atom. The third kappa shape index (κ3) is 1.78.